The number of aromatic nitrogens is 2. The van der Waals surface area contributed by atoms with Gasteiger partial charge in [0.15, 0.2) is 17.3 Å². The van der Waals surface area contributed by atoms with Crippen molar-refractivity contribution >= 4 is 57.2 Å². The lowest BCUT2D eigenvalue weighted by atomic mass is 10.2. The van der Waals surface area contributed by atoms with E-state index in [0.717, 1.165) is 4.68 Å². The Balaban J connectivity index is 2.76. The number of benzene rings is 1. The maximum atomic E-state index is 13.1. The number of anilines is 1. The Morgan fingerprint density at radius 1 is 1.29 bits per heavy atom. The Labute approximate surface area is 191 Å². The molecule has 0 bridgehead atoms. The van der Waals surface area contributed by atoms with Gasteiger partial charge in [-0.25, -0.2) is 4.68 Å². The molecule has 1 heterocycles. The maximum Gasteiger partial charge on any atom is 0.416 e. The second-order valence-corrected chi connectivity index (χ2v) is 10.1. The number of nitrogens with zero attached hydrogens (tertiary/aromatic N) is 2. The molecule has 15 heteroatoms. The van der Waals surface area contributed by atoms with E-state index >= 15 is 0 Å². The zero-order valence-electron chi connectivity index (χ0n) is 16.1. The van der Waals surface area contributed by atoms with E-state index in [9.17, 15) is 22.3 Å². The summed E-state index contributed by atoms with van der Waals surface area (Å²) in [7, 11) is 0. The highest BCUT2D eigenvalue weighted by atomic mass is 35.5. The lowest BCUT2D eigenvalue weighted by molar-refractivity contribution is -0.137. The molecule has 31 heavy (non-hydrogen) atoms. The standard InChI is InChI=1S/C16H18Cl2F3N5O3S2/c1-3-31(29)13-11(14(22)25-27)24-26(15(13)23-4-5-30(2)28)12-9(17)6-8(7-10(12)18)16(19,20)21/h6-7,23,27H,3-5H2,1-2H3,(H2,22,25). The molecule has 0 spiro atoms. The normalized spacial score (nSPS) is 13.7. The van der Waals surface area contributed by atoms with E-state index in [-0.39, 0.29) is 40.1 Å². The maximum absolute atomic E-state index is 13.1. The summed E-state index contributed by atoms with van der Waals surface area (Å²) < 4.78 is 64.4. The van der Waals surface area contributed by atoms with Gasteiger partial charge in [0.05, 0.1) is 28.4 Å². The number of hydrogen-bond acceptors (Lipinski definition) is 6. The molecule has 1 aromatic carbocycles. The molecule has 0 aliphatic rings. The molecule has 2 aromatic rings. The minimum atomic E-state index is -4.69. The van der Waals surface area contributed by atoms with Crippen LogP contribution in [0, 0.1) is 5.41 Å². The van der Waals surface area contributed by atoms with Crippen molar-refractivity contribution in [3.05, 3.63) is 33.4 Å². The van der Waals surface area contributed by atoms with Gasteiger partial charge >= 0.3 is 6.18 Å². The van der Waals surface area contributed by atoms with Crippen LogP contribution in [0.1, 0.15) is 18.2 Å². The Morgan fingerprint density at radius 3 is 2.32 bits per heavy atom. The fourth-order valence-corrected chi connectivity index (χ4v) is 4.60. The molecule has 0 fully saturated rings. The average molecular weight is 520 g/mol. The summed E-state index contributed by atoms with van der Waals surface area (Å²) in [6.07, 6.45) is -3.21. The Kier molecular flexibility index (Phi) is 8.78. The van der Waals surface area contributed by atoms with Crippen molar-refractivity contribution in [3.8, 4) is 5.69 Å². The van der Waals surface area contributed by atoms with Crippen molar-refractivity contribution in [1.82, 2.24) is 15.3 Å². The van der Waals surface area contributed by atoms with Crippen molar-refractivity contribution < 1.29 is 27.5 Å². The van der Waals surface area contributed by atoms with E-state index in [2.05, 4.69) is 10.4 Å². The van der Waals surface area contributed by atoms with E-state index < -0.39 is 50.0 Å². The Hall–Kier alpha value is -1.35. The molecule has 0 saturated carbocycles. The molecule has 0 radical (unpaired) electrons. The smallest absolute Gasteiger partial charge is 0.416 e. The minimum absolute atomic E-state index is 0.00275. The monoisotopic (exact) mass is 519 g/mol. The first kappa shape index (κ1) is 25.9. The second-order valence-electron chi connectivity index (χ2n) is 6.05. The van der Waals surface area contributed by atoms with E-state index in [4.69, 9.17) is 33.8 Å². The SMILES string of the molecule is CC[S+]([O-])c1c(C(=N)NO)nn(-c2c(Cl)cc(C(F)(F)F)cc2Cl)c1NCC[S+](C)[O-]. The summed E-state index contributed by atoms with van der Waals surface area (Å²) in [4.78, 5) is 0.00275. The van der Waals surface area contributed by atoms with Crippen molar-refractivity contribution in [2.45, 2.75) is 18.0 Å². The third-order valence-electron chi connectivity index (χ3n) is 3.92. The Morgan fingerprint density at radius 2 is 1.87 bits per heavy atom. The second kappa shape index (κ2) is 10.5. The van der Waals surface area contributed by atoms with E-state index in [1.54, 1.807) is 12.4 Å². The molecule has 0 amide bonds. The number of alkyl halides is 3. The van der Waals surface area contributed by atoms with Gasteiger partial charge in [0.2, 0.25) is 4.90 Å². The lowest BCUT2D eigenvalue weighted by Gasteiger charge is -2.16. The van der Waals surface area contributed by atoms with Gasteiger partial charge in [-0.2, -0.15) is 18.3 Å². The third-order valence-corrected chi connectivity index (χ3v) is 6.64. The van der Waals surface area contributed by atoms with Gasteiger partial charge in [0, 0.05) is 0 Å². The summed E-state index contributed by atoms with van der Waals surface area (Å²) in [5.74, 6) is -0.260. The van der Waals surface area contributed by atoms with E-state index in [1.807, 2.05) is 0 Å². The number of nitrogens with one attached hydrogen (secondary N) is 3. The van der Waals surface area contributed by atoms with Gasteiger partial charge in [-0.05, 0) is 30.2 Å². The predicted octanol–water partition coefficient (Wildman–Crippen LogP) is 3.42. The molecule has 0 aliphatic heterocycles. The van der Waals surface area contributed by atoms with Crippen molar-refractivity contribution in [2.75, 3.05) is 29.6 Å². The van der Waals surface area contributed by atoms with Crippen molar-refractivity contribution in [3.63, 3.8) is 0 Å². The zero-order chi connectivity index (χ0) is 23.5. The molecule has 8 nitrogen and oxygen atoms in total. The van der Waals surface area contributed by atoms with E-state index in [1.165, 1.54) is 6.26 Å². The van der Waals surface area contributed by atoms with Gasteiger partial charge in [-0.15, -0.1) is 0 Å². The van der Waals surface area contributed by atoms with Crippen LogP contribution in [-0.2, 0) is 28.5 Å². The molecule has 2 unspecified atom stereocenters. The largest absolute Gasteiger partial charge is 0.617 e. The van der Waals surface area contributed by atoms with Gasteiger partial charge in [0.25, 0.3) is 0 Å². The fourth-order valence-electron chi connectivity index (χ4n) is 2.54. The van der Waals surface area contributed by atoms with Crippen LogP contribution in [0.15, 0.2) is 17.0 Å². The van der Waals surface area contributed by atoms with Gasteiger partial charge in [0.1, 0.15) is 17.2 Å². The third kappa shape index (κ3) is 5.92. The molecule has 2 atom stereocenters. The number of amidine groups is 1. The molecule has 172 valence electrons. The summed E-state index contributed by atoms with van der Waals surface area (Å²) in [6, 6.07) is 1.34. The van der Waals surface area contributed by atoms with Crippen LogP contribution in [0.2, 0.25) is 10.0 Å². The molecule has 0 aliphatic carbocycles. The summed E-state index contributed by atoms with van der Waals surface area (Å²) in [6.45, 7) is 1.73. The zero-order valence-corrected chi connectivity index (χ0v) is 19.3. The minimum Gasteiger partial charge on any atom is -0.617 e. The van der Waals surface area contributed by atoms with Gasteiger partial charge in [-0.3, -0.25) is 16.1 Å². The van der Waals surface area contributed by atoms with Crippen LogP contribution >= 0.6 is 23.2 Å². The summed E-state index contributed by atoms with van der Waals surface area (Å²) in [5.41, 5.74) is 0.157. The fraction of sp³-hybridized carbons (Fsp3) is 0.375. The Bertz CT molecular complexity index is 936. The first-order chi connectivity index (χ1) is 14.4. The van der Waals surface area contributed by atoms with Crippen LogP contribution in [0.5, 0.6) is 0 Å². The average Bonchev–Trinajstić information content (AvgIpc) is 3.04. The molecular formula is C16H18Cl2F3N5O3S2. The highest BCUT2D eigenvalue weighted by Gasteiger charge is 2.35. The first-order valence-electron chi connectivity index (χ1n) is 8.53. The molecule has 0 saturated heterocycles. The number of hydrogen-bond donors (Lipinski definition) is 4. The van der Waals surface area contributed by atoms with Crippen LogP contribution in [0.25, 0.3) is 5.69 Å². The molecule has 2 rings (SSSR count). The summed E-state index contributed by atoms with van der Waals surface area (Å²) >= 11 is 9.32. The van der Waals surface area contributed by atoms with Crippen molar-refractivity contribution in [2.24, 2.45) is 0 Å². The topological polar surface area (TPSA) is 132 Å². The predicted molar refractivity (Wildman–Crippen MR) is 115 cm³/mol. The quantitative estimate of drug-likeness (QED) is 0.183. The van der Waals surface area contributed by atoms with Crippen LogP contribution in [-0.4, -0.2) is 54.2 Å². The van der Waals surface area contributed by atoms with Gasteiger partial charge in [-0.1, -0.05) is 34.4 Å². The van der Waals surface area contributed by atoms with Crippen LogP contribution in [0.3, 0.4) is 0 Å². The molecular weight excluding hydrogens is 502 g/mol. The number of hydroxylamine groups is 1. The van der Waals surface area contributed by atoms with Crippen LogP contribution in [0.4, 0.5) is 19.0 Å². The van der Waals surface area contributed by atoms with Crippen LogP contribution < -0.4 is 10.8 Å². The molecule has 1 aromatic heterocycles. The number of halogens is 5. The molecule has 4 N–H and O–H groups in total. The number of rotatable bonds is 8. The van der Waals surface area contributed by atoms with Crippen molar-refractivity contribution in [1.29, 1.82) is 5.41 Å². The highest BCUT2D eigenvalue weighted by molar-refractivity contribution is 7.91. The first-order valence-corrected chi connectivity index (χ1v) is 12.3. The van der Waals surface area contributed by atoms with Gasteiger partial charge < -0.3 is 14.4 Å². The highest BCUT2D eigenvalue weighted by Crippen LogP contribution is 2.40. The summed E-state index contributed by atoms with van der Waals surface area (Å²) in [5, 5.41) is 23.3. The lowest BCUT2D eigenvalue weighted by Crippen LogP contribution is -2.22. The van der Waals surface area contributed by atoms with E-state index in [0.29, 0.717) is 12.1 Å².